The van der Waals surface area contributed by atoms with E-state index in [1.54, 1.807) is 7.05 Å². The van der Waals surface area contributed by atoms with Crippen LogP contribution in [-0.4, -0.2) is 44.9 Å². The van der Waals surface area contributed by atoms with Crippen molar-refractivity contribution >= 4 is 15.8 Å². The SMILES string of the molecule is CNC(COc1ccc(S(C)(=O)=O)cc1)(C(=O)O)C1CC1. The third-order valence-electron chi connectivity index (χ3n) is 3.82. The van der Waals surface area contributed by atoms with Crippen LogP contribution in [0.2, 0.25) is 0 Å². The van der Waals surface area contributed by atoms with Crippen molar-refractivity contribution in [2.24, 2.45) is 5.92 Å². The lowest BCUT2D eigenvalue weighted by atomic mass is 9.94. The number of benzene rings is 1. The largest absolute Gasteiger partial charge is 0.491 e. The predicted molar refractivity (Wildman–Crippen MR) is 77.2 cm³/mol. The van der Waals surface area contributed by atoms with Gasteiger partial charge in [-0.25, -0.2) is 8.42 Å². The quantitative estimate of drug-likeness (QED) is 0.777. The van der Waals surface area contributed by atoms with Crippen molar-refractivity contribution in [1.82, 2.24) is 5.32 Å². The number of ether oxygens (including phenoxy) is 1. The van der Waals surface area contributed by atoms with E-state index < -0.39 is 21.3 Å². The van der Waals surface area contributed by atoms with Crippen LogP contribution < -0.4 is 10.1 Å². The van der Waals surface area contributed by atoms with Gasteiger partial charge in [-0.05, 0) is 50.1 Å². The molecule has 7 heteroatoms. The summed E-state index contributed by atoms with van der Waals surface area (Å²) < 4.78 is 28.3. The molecule has 1 aliphatic rings. The molecular formula is C14H19NO5S. The van der Waals surface area contributed by atoms with Crippen LogP contribution in [0, 0.1) is 5.92 Å². The number of sulfone groups is 1. The van der Waals surface area contributed by atoms with Crippen LogP contribution in [-0.2, 0) is 14.6 Å². The Balaban J connectivity index is 2.09. The molecule has 0 radical (unpaired) electrons. The molecule has 0 bridgehead atoms. The molecule has 1 aromatic carbocycles. The van der Waals surface area contributed by atoms with Gasteiger partial charge < -0.3 is 15.2 Å². The average Bonchev–Trinajstić information content (AvgIpc) is 3.24. The molecule has 21 heavy (non-hydrogen) atoms. The van der Waals surface area contributed by atoms with E-state index >= 15 is 0 Å². The van der Waals surface area contributed by atoms with Gasteiger partial charge >= 0.3 is 5.97 Å². The van der Waals surface area contributed by atoms with Crippen molar-refractivity contribution in [3.63, 3.8) is 0 Å². The second-order valence-corrected chi connectivity index (χ2v) is 7.35. The Labute approximate surface area is 124 Å². The summed E-state index contributed by atoms with van der Waals surface area (Å²) in [6.07, 6.45) is 2.86. The smallest absolute Gasteiger partial charge is 0.327 e. The Morgan fingerprint density at radius 3 is 2.33 bits per heavy atom. The maximum Gasteiger partial charge on any atom is 0.327 e. The van der Waals surface area contributed by atoms with E-state index in [0.29, 0.717) is 5.75 Å². The first-order chi connectivity index (χ1) is 9.79. The van der Waals surface area contributed by atoms with Gasteiger partial charge in [0.05, 0.1) is 4.90 Å². The van der Waals surface area contributed by atoms with Gasteiger partial charge in [-0.3, -0.25) is 4.79 Å². The summed E-state index contributed by atoms with van der Waals surface area (Å²) in [6.45, 7) is 0.00171. The van der Waals surface area contributed by atoms with E-state index in [1.165, 1.54) is 24.3 Å². The van der Waals surface area contributed by atoms with E-state index in [1.807, 2.05) is 0 Å². The lowest BCUT2D eigenvalue weighted by molar-refractivity contribution is -0.147. The molecule has 0 aliphatic heterocycles. The fraction of sp³-hybridized carbons (Fsp3) is 0.500. The van der Waals surface area contributed by atoms with Crippen molar-refractivity contribution < 1.29 is 23.1 Å². The Morgan fingerprint density at radius 2 is 1.95 bits per heavy atom. The monoisotopic (exact) mass is 313 g/mol. The Morgan fingerprint density at radius 1 is 1.38 bits per heavy atom. The topological polar surface area (TPSA) is 92.7 Å². The van der Waals surface area contributed by atoms with Crippen LogP contribution in [0.15, 0.2) is 29.2 Å². The molecule has 2 N–H and O–H groups in total. The summed E-state index contributed by atoms with van der Waals surface area (Å²) in [5.74, 6) is -0.417. The lowest BCUT2D eigenvalue weighted by Gasteiger charge is -2.28. The Bertz CT molecular complexity index is 621. The zero-order valence-electron chi connectivity index (χ0n) is 12.0. The fourth-order valence-electron chi connectivity index (χ4n) is 2.29. The molecular weight excluding hydrogens is 294 g/mol. The van der Waals surface area contributed by atoms with E-state index in [0.717, 1.165) is 19.1 Å². The predicted octanol–water partition coefficient (Wildman–Crippen LogP) is 0.922. The summed E-state index contributed by atoms with van der Waals surface area (Å²) in [7, 11) is -1.63. The molecule has 1 aromatic rings. The molecule has 116 valence electrons. The number of carboxylic acids is 1. The molecule has 0 heterocycles. The van der Waals surface area contributed by atoms with Crippen LogP contribution in [0.4, 0.5) is 0 Å². The Kier molecular flexibility index (Phi) is 4.25. The maximum atomic E-state index is 11.5. The van der Waals surface area contributed by atoms with Crippen LogP contribution >= 0.6 is 0 Å². The third-order valence-corrected chi connectivity index (χ3v) is 4.95. The van der Waals surface area contributed by atoms with Crippen molar-refractivity contribution in [2.45, 2.75) is 23.3 Å². The highest BCUT2D eigenvalue weighted by molar-refractivity contribution is 7.90. The molecule has 0 amide bonds. The highest BCUT2D eigenvalue weighted by atomic mass is 32.2. The first-order valence-corrected chi connectivity index (χ1v) is 8.54. The standard InChI is InChI=1S/C14H19NO5S/c1-15-14(13(16)17,10-3-4-10)9-20-11-5-7-12(8-6-11)21(2,18)19/h5-8,10,15H,3-4,9H2,1-2H3,(H,16,17). The zero-order chi connectivity index (χ0) is 15.7. The molecule has 1 atom stereocenters. The highest BCUT2D eigenvalue weighted by Gasteiger charge is 2.51. The number of likely N-dealkylation sites (N-methyl/N-ethyl adjacent to an activating group) is 1. The van der Waals surface area contributed by atoms with Gasteiger partial charge in [-0.2, -0.15) is 0 Å². The van der Waals surface area contributed by atoms with E-state index in [2.05, 4.69) is 5.32 Å². The number of hydrogen-bond acceptors (Lipinski definition) is 5. The van der Waals surface area contributed by atoms with Crippen LogP contribution in [0.3, 0.4) is 0 Å². The number of nitrogens with one attached hydrogen (secondary N) is 1. The average molecular weight is 313 g/mol. The first kappa shape index (κ1) is 15.8. The normalized spacial score (nSPS) is 18.0. The minimum Gasteiger partial charge on any atom is -0.491 e. The van der Waals surface area contributed by atoms with Crippen LogP contribution in [0.5, 0.6) is 5.75 Å². The number of rotatable bonds is 7. The van der Waals surface area contributed by atoms with Gasteiger partial charge in [0.15, 0.2) is 15.4 Å². The number of carboxylic acid groups (broad SMARTS) is 1. The summed E-state index contributed by atoms with van der Waals surface area (Å²) >= 11 is 0. The second-order valence-electron chi connectivity index (χ2n) is 5.33. The highest BCUT2D eigenvalue weighted by Crippen LogP contribution is 2.40. The van der Waals surface area contributed by atoms with Gasteiger partial charge in [0.2, 0.25) is 0 Å². The molecule has 0 spiro atoms. The molecule has 1 saturated carbocycles. The fourth-order valence-corrected chi connectivity index (χ4v) is 2.92. The third kappa shape index (κ3) is 3.36. The summed E-state index contributed by atoms with van der Waals surface area (Å²) in [5.41, 5.74) is -1.09. The Hall–Kier alpha value is -1.60. The number of hydrogen-bond donors (Lipinski definition) is 2. The molecule has 6 nitrogen and oxygen atoms in total. The summed E-state index contributed by atoms with van der Waals surface area (Å²) in [4.78, 5) is 11.7. The van der Waals surface area contributed by atoms with Crippen molar-refractivity contribution in [1.29, 1.82) is 0 Å². The maximum absolute atomic E-state index is 11.5. The number of carbonyl (C=O) groups is 1. The van der Waals surface area contributed by atoms with Crippen molar-refractivity contribution in [3.05, 3.63) is 24.3 Å². The van der Waals surface area contributed by atoms with Gasteiger partial charge in [-0.15, -0.1) is 0 Å². The molecule has 1 fully saturated rings. The van der Waals surface area contributed by atoms with Gasteiger partial charge in [-0.1, -0.05) is 0 Å². The van der Waals surface area contributed by atoms with E-state index in [4.69, 9.17) is 4.74 Å². The molecule has 0 saturated heterocycles. The van der Waals surface area contributed by atoms with Gasteiger partial charge in [0.1, 0.15) is 12.4 Å². The second kappa shape index (κ2) is 5.65. The van der Waals surface area contributed by atoms with Crippen LogP contribution in [0.1, 0.15) is 12.8 Å². The zero-order valence-corrected chi connectivity index (χ0v) is 12.8. The molecule has 0 aromatic heterocycles. The number of aliphatic carboxylic acids is 1. The summed E-state index contributed by atoms with van der Waals surface area (Å²) in [6, 6.07) is 5.96. The minimum absolute atomic E-state index is 0.00171. The van der Waals surface area contributed by atoms with E-state index in [-0.39, 0.29) is 17.4 Å². The van der Waals surface area contributed by atoms with Gasteiger partial charge in [0, 0.05) is 6.26 Å². The van der Waals surface area contributed by atoms with Gasteiger partial charge in [0.25, 0.3) is 0 Å². The summed E-state index contributed by atoms with van der Waals surface area (Å²) in [5, 5.41) is 12.3. The molecule has 1 aliphatic carbocycles. The molecule has 2 rings (SSSR count). The van der Waals surface area contributed by atoms with Crippen molar-refractivity contribution in [3.8, 4) is 5.75 Å². The molecule has 1 unspecified atom stereocenters. The van der Waals surface area contributed by atoms with E-state index in [9.17, 15) is 18.3 Å². The van der Waals surface area contributed by atoms with Crippen LogP contribution in [0.25, 0.3) is 0 Å². The van der Waals surface area contributed by atoms with Crippen molar-refractivity contribution in [2.75, 3.05) is 19.9 Å². The first-order valence-electron chi connectivity index (χ1n) is 6.65. The lowest BCUT2D eigenvalue weighted by Crippen LogP contribution is -2.56. The minimum atomic E-state index is -3.25.